The van der Waals surface area contributed by atoms with Crippen LogP contribution in [-0.4, -0.2) is 6.04 Å². The predicted octanol–water partition coefficient (Wildman–Crippen LogP) is 4.64. The van der Waals surface area contributed by atoms with Crippen molar-refractivity contribution in [2.45, 2.75) is 44.6 Å². The van der Waals surface area contributed by atoms with Crippen molar-refractivity contribution in [2.75, 3.05) is 0 Å². The van der Waals surface area contributed by atoms with Crippen LogP contribution in [0.1, 0.15) is 37.1 Å². The molecule has 1 unspecified atom stereocenters. The first-order chi connectivity index (χ1) is 10.2. The van der Waals surface area contributed by atoms with Gasteiger partial charge in [-0.2, -0.15) is 0 Å². The number of benzene rings is 1. The van der Waals surface area contributed by atoms with Crippen molar-refractivity contribution in [1.82, 2.24) is 5.43 Å². The zero-order chi connectivity index (χ0) is 15.3. The van der Waals surface area contributed by atoms with E-state index in [1.54, 1.807) is 11.3 Å². The van der Waals surface area contributed by atoms with E-state index in [0.717, 1.165) is 19.3 Å². The second kappa shape index (κ2) is 7.54. The standard InChI is InChI=1S/C17H23BrN2S/c1-3-17(4-2,13-8-6-5-7-9-13)15(20-19)12-14-10-11-16(18)21-14/h5-11,15,20H,3-4,12,19H2,1-2H3. The maximum Gasteiger partial charge on any atom is 0.0701 e. The van der Waals surface area contributed by atoms with E-state index in [1.807, 2.05) is 0 Å². The van der Waals surface area contributed by atoms with Crippen LogP contribution < -0.4 is 11.3 Å². The van der Waals surface area contributed by atoms with Crippen molar-refractivity contribution in [3.8, 4) is 0 Å². The number of hydrogen-bond acceptors (Lipinski definition) is 3. The summed E-state index contributed by atoms with van der Waals surface area (Å²) < 4.78 is 1.17. The third-order valence-corrected chi connectivity index (χ3v) is 6.16. The van der Waals surface area contributed by atoms with Crippen LogP contribution in [0.4, 0.5) is 0 Å². The van der Waals surface area contributed by atoms with E-state index in [2.05, 4.69) is 77.7 Å². The van der Waals surface area contributed by atoms with Gasteiger partial charge in [0.25, 0.3) is 0 Å². The molecule has 0 aliphatic heterocycles. The van der Waals surface area contributed by atoms with Gasteiger partial charge in [0.2, 0.25) is 0 Å². The van der Waals surface area contributed by atoms with Crippen LogP contribution in [-0.2, 0) is 11.8 Å². The van der Waals surface area contributed by atoms with Gasteiger partial charge in [-0.25, -0.2) is 0 Å². The molecule has 2 rings (SSSR count). The van der Waals surface area contributed by atoms with E-state index in [0.29, 0.717) is 0 Å². The maximum absolute atomic E-state index is 5.94. The Labute approximate surface area is 139 Å². The number of nitrogens with two attached hydrogens (primary N) is 1. The van der Waals surface area contributed by atoms with E-state index in [-0.39, 0.29) is 11.5 Å². The number of hydrogen-bond donors (Lipinski definition) is 2. The first-order valence-corrected chi connectivity index (χ1v) is 9.03. The molecule has 1 atom stereocenters. The van der Waals surface area contributed by atoms with Crippen molar-refractivity contribution >= 4 is 27.3 Å². The number of rotatable bonds is 7. The molecule has 0 aliphatic carbocycles. The second-order valence-electron chi connectivity index (χ2n) is 5.36. The SMILES string of the molecule is CCC(CC)(c1ccccc1)C(Cc1ccc(Br)s1)NN. The molecule has 0 saturated heterocycles. The Hall–Kier alpha value is -0.680. The van der Waals surface area contributed by atoms with Crippen LogP contribution >= 0.6 is 27.3 Å². The molecule has 0 fully saturated rings. The largest absolute Gasteiger partial charge is 0.271 e. The summed E-state index contributed by atoms with van der Waals surface area (Å²) in [6, 6.07) is 15.3. The lowest BCUT2D eigenvalue weighted by Crippen LogP contribution is -2.52. The molecular weight excluding hydrogens is 344 g/mol. The normalized spacial score (nSPS) is 13.3. The van der Waals surface area contributed by atoms with Crippen LogP contribution in [0, 0.1) is 0 Å². The average Bonchev–Trinajstić information content (AvgIpc) is 2.94. The lowest BCUT2D eigenvalue weighted by molar-refractivity contribution is 0.271. The molecular formula is C17H23BrN2S. The van der Waals surface area contributed by atoms with Crippen molar-refractivity contribution in [2.24, 2.45) is 5.84 Å². The lowest BCUT2D eigenvalue weighted by Gasteiger charge is -2.40. The molecule has 4 heteroatoms. The van der Waals surface area contributed by atoms with Gasteiger partial charge in [-0.1, -0.05) is 44.2 Å². The van der Waals surface area contributed by atoms with Crippen molar-refractivity contribution < 1.29 is 0 Å². The zero-order valence-electron chi connectivity index (χ0n) is 12.6. The smallest absolute Gasteiger partial charge is 0.0701 e. The third-order valence-electron chi connectivity index (χ3n) is 4.51. The number of thiophene rings is 1. The Morgan fingerprint density at radius 2 is 1.81 bits per heavy atom. The highest BCUT2D eigenvalue weighted by Crippen LogP contribution is 2.37. The minimum atomic E-state index is 0.0620. The Morgan fingerprint density at radius 3 is 2.29 bits per heavy atom. The molecule has 1 heterocycles. The minimum Gasteiger partial charge on any atom is -0.271 e. The summed E-state index contributed by atoms with van der Waals surface area (Å²) in [5.74, 6) is 5.94. The summed E-state index contributed by atoms with van der Waals surface area (Å²) >= 11 is 5.33. The van der Waals surface area contributed by atoms with Crippen LogP contribution in [0.15, 0.2) is 46.3 Å². The quantitative estimate of drug-likeness (QED) is 0.553. The molecule has 2 aromatic rings. The highest BCUT2D eigenvalue weighted by molar-refractivity contribution is 9.11. The van der Waals surface area contributed by atoms with E-state index in [9.17, 15) is 0 Å². The Morgan fingerprint density at radius 1 is 1.14 bits per heavy atom. The molecule has 0 amide bonds. The first kappa shape index (κ1) is 16.7. The van der Waals surface area contributed by atoms with Gasteiger partial charge in [0, 0.05) is 16.3 Å². The third kappa shape index (κ3) is 3.57. The summed E-state index contributed by atoms with van der Waals surface area (Å²) in [4.78, 5) is 1.35. The Balaban J connectivity index is 2.34. The highest BCUT2D eigenvalue weighted by Gasteiger charge is 2.37. The monoisotopic (exact) mass is 366 g/mol. The average molecular weight is 367 g/mol. The van der Waals surface area contributed by atoms with E-state index >= 15 is 0 Å². The molecule has 0 aliphatic rings. The summed E-state index contributed by atoms with van der Waals surface area (Å²) in [6.45, 7) is 4.51. The van der Waals surface area contributed by atoms with Gasteiger partial charge in [-0.3, -0.25) is 11.3 Å². The Kier molecular flexibility index (Phi) is 5.99. The van der Waals surface area contributed by atoms with Crippen molar-refractivity contribution in [3.63, 3.8) is 0 Å². The van der Waals surface area contributed by atoms with Gasteiger partial charge in [-0.05, 0) is 52.9 Å². The second-order valence-corrected chi connectivity index (χ2v) is 7.91. The van der Waals surface area contributed by atoms with Crippen LogP contribution in [0.3, 0.4) is 0 Å². The van der Waals surface area contributed by atoms with Gasteiger partial charge in [0.05, 0.1) is 3.79 Å². The molecule has 0 bridgehead atoms. The molecule has 0 spiro atoms. The van der Waals surface area contributed by atoms with Gasteiger partial charge in [0.15, 0.2) is 0 Å². The van der Waals surface area contributed by atoms with Gasteiger partial charge < -0.3 is 0 Å². The molecule has 3 N–H and O–H groups in total. The summed E-state index contributed by atoms with van der Waals surface area (Å²) in [7, 11) is 0. The van der Waals surface area contributed by atoms with Crippen LogP contribution in [0.25, 0.3) is 0 Å². The van der Waals surface area contributed by atoms with E-state index in [4.69, 9.17) is 5.84 Å². The maximum atomic E-state index is 5.94. The summed E-state index contributed by atoms with van der Waals surface area (Å²) in [5, 5.41) is 0. The van der Waals surface area contributed by atoms with Gasteiger partial charge in [-0.15, -0.1) is 11.3 Å². The highest BCUT2D eigenvalue weighted by atomic mass is 79.9. The van der Waals surface area contributed by atoms with Crippen LogP contribution in [0.5, 0.6) is 0 Å². The summed E-state index contributed by atoms with van der Waals surface area (Å²) in [6.07, 6.45) is 3.08. The number of nitrogens with one attached hydrogen (secondary N) is 1. The molecule has 0 radical (unpaired) electrons. The fourth-order valence-corrected chi connectivity index (χ4v) is 4.73. The molecule has 1 aromatic carbocycles. The first-order valence-electron chi connectivity index (χ1n) is 7.42. The zero-order valence-corrected chi connectivity index (χ0v) is 15.0. The lowest BCUT2D eigenvalue weighted by atomic mass is 9.69. The molecule has 114 valence electrons. The van der Waals surface area contributed by atoms with Gasteiger partial charge >= 0.3 is 0 Å². The fourth-order valence-electron chi connectivity index (χ4n) is 3.20. The van der Waals surface area contributed by atoms with Crippen molar-refractivity contribution in [3.05, 3.63) is 56.7 Å². The van der Waals surface area contributed by atoms with Crippen LogP contribution in [0.2, 0.25) is 0 Å². The minimum absolute atomic E-state index is 0.0620. The number of halogens is 1. The summed E-state index contributed by atoms with van der Waals surface area (Å²) in [5.41, 5.74) is 4.52. The van der Waals surface area contributed by atoms with Crippen molar-refractivity contribution in [1.29, 1.82) is 0 Å². The Bertz CT molecular complexity index is 549. The topological polar surface area (TPSA) is 38.0 Å². The molecule has 21 heavy (non-hydrogen) atoms. The van der Waals surface area contributed by atoms with E-state index in [1.165, 1.54) is 14.2 Å². The molecule has 2 nitrogen and oxygen atoms in total. The number of hydrazine groups is 1. The van der Waals surface area contributed by atoms with E-state index < -0.39 is 0 Å². The fraction of sp³-hybridized carbons (Fsp3) is 0.412. The molecule has 0 saturated carbocycles. The predicted molar refractivity (Wildman–Crippen MR) is 95.5 cm³/mol. The molecule has 1 aromatic heterocycles. The van der Waals surface area contributed by atoms with Gasteiger partial charge in [0.1, 0.15) is 0 Å².